The molecule has 1 aliphatic rings. The third kappa shape index (κ3) is 4.13. The highest BCUT2D eigenvalue weighted by Crippen LogP contribution is 2.30. The highest BCUT2D eigenvalue weighted by atomic mass is 16.5. The molecule has 2 aromatic carbocycles. The Hall–Kier alpha value is -3.61. The standard InChI is InChI=1S/C22H21N3O4/c1-29-22(28)18-12-25(19-8-3-2-7-17(18)19)13-20(26)23-15-5-4-6-16(11-15)24-21(27)14-9-10-14/h2-8,11-12,14H,9-10,13H2,1H3,(H,23,26)(H,24,27). The highest BCUT2D eigenvalue weighted by molar-refractivity contribution is 6.05. The van der Waals surface area contributed by atoms with Gasteiger partial charge in [0.15, 0.2) is 0 Å². The minimum absolute atomic E-state index is 0.0163. The smallest absolute Gasteiger partial charge is 0.340 e. The molecule has 3 aromatic rings. The second kappa shape index (κ2) is 7.79. The molecule has 2 amide bonds. The van der Waals surface area contributed by atoms with Crippen molar-refractivity contribution in [1.82, 2.24) is 4.57 Å². The first kappa shape index (κ1) is 18.7. The van der Waals surface area contributed by atoms with Crippen LogP contribution in [0.5, 0.6) is 0 Å². The average Bonchev–Trinajstić information content (AvgIpc) is 3.51. The van der Waals surface area contributed by atoms with Crippen LogP contribution >= 0.6 is 0 Å². The third-order valence-electron chi connectivity index (χ3n) is 4.87. The zero-order valence-electron chi connectivity index (χ0n) is 16.0. The number of carbonyl (C=O) groups excluding carboxylic acids is 3. The largest absolute Gasteiger partial charge is 0.465 e. The van der Waals surface area contributed by atoms with E-state index in [9.17, 15) is 14.4 Å². The van der Waals surface area contributed by atoms with Crippen molar-refractivity contribution in [3.63, 3.8) is 0 Å². The van der Waals surface area contributed by atoms with E-state index in [1.807, 2.05) is 24.3 Å². The van der Waals surface area contributed by atoms with Gasteiger partial charge in [-0.15, -0.1) is 0 Å². The van der Waals surface area contributed by atoms with Crippen LogP contribution in [0.25, 0.3) is 10.9 Å². The quantitative estimate of drug-likeness (QED) is 0.630. The van der Waals surface area contributed by atoms with Gasteiger partial charge >= 0.3 is 5.97 Å². The molecule has 1 heterocycles. The normalized spacial score (nSPS) is 13.1. The maximum atomic E-state index is 12.6. The number of para-hydroxylation sites is 1. The molecule has 1 saturated carbocycles. The van der Waals surface area contributed by atoms with Gasteiger partial charge in [0.25, 0.3) is 0 Å². The predicted molar refractivity (Wildman–Crippen MR) is 110 cm³/mol. The summed E-state index contributed by atoms with van der Waals surface area (Å²) >= 11 is 0. The lowest BCUT2D eigenvalue weighted by molar-refractivity contribution is -0.117. The molecule has 0 aliphatic heterocycles. The number of methoxy groups -OCH3 is 1. The number of fused-ring (bicyclic) bond motifs is 1. The van der Waals surface area contributed by atoms with Crippen molar-refractivity contribution < 1.29 is 19.1 Å². The maximum absolute atomic E-state index is 12.6. The fourth-order valence-corrected chi connectivity index (χ4v) is 3.27. The van der Waals surface area contributed by atoms with Crippen LogP contribution in [-0.4, -0.2) is 29.5 Å². The molecule has 1 aliphatic carbocycles. The summed E-state index contributed by atoms with van der Waals surface area (Å²) in [6, 6.07) is 14.4. The molecule has 0 bridgehead atoms. The van der Waals surface area contributed by atoms with Crippen LogP contribution < -0.4 is 10.6 Å². The van der Waals surface area contributed by atoms with E-state index in [-0.39, 0.29) is 24.3 Å². The van der Waals surface area contributed by atoms with E-state index in [1.165, 1.54) is 7.11 Å². The van der Waals surface area contributed by atoms with Crippen LogP contribution in [0, 0.1) is 5.92 Å². The van der Waals surface area contributed by atoms with Gasteiger partial charge in [0, 0.05) is 34.4 Å². The molecule has 29 heavy (non-hydrogen) atoms. The Morgan fingerprint density at radius 2 is 1.76 bits per heavy atom. The van der Waals surface area contributed by atoms with Crippen molar-refractivity contribution in [3.8, 4) is 0 Å². The number of anilines is 2. The molecule has 1 aromatic heterocycles. The first-order chi connectivity index (χ1) is 14.0. The van der Waals surface area contributed by atoms with Gasteiger partial charge in [0.05, 0.1) is 12.7 Å². The number of nitrogens with one attached hydrogen (secondary N) is 2. The zero-order chi connectivity index (χ0) is 20.4. The van der Waals surface area contributed by atoms with Gasteiger partial charge in [-0.2, -0.15) is 0 Å². The number of rotatable bonds is 6. The topological polar surface area (TPSA) is 89.4 Å². The Labute approximate surface area is 167 Å². The van der Waals surface area contributed by atoms with Crippen LogP contribution in [0.4, 0.5) is 11.4 Å². The molecule has 0 spiro atoms. The number of hydrogen-bond donors (Lipinski definition) is 2. The molecule has 0 unspecified atom stereocenters. The van der Waals surface area contributed by atoms with E-state index >= 15 is 0 Å². The van der Waals surface area contributed by atoms with E-state index in [2.05, 4.69) is 10.6 Å². The van der Waals surface area contributed by atoms with E-state index in [0.717, 1.165) is 23.7 Å². The van der Waals surface area contributed by atoms with Gasteiger partial charge in [0.1, 0.15) is 6.54 Å². The molecule has 1 fully saturated rings. The van der Waals surface area contributed by atoms with E-state index in [4.69, 9.17) is 4.74 Å². The molecular formula is C22H21N3O4. The third-order valence-corrected chi connectivity index (χ3v) is 4.87. The number of aromatic nitrogens is 1. The Bertz CT molecular complexity index is 1100. The Morgan fingerprint density at radius 1 is 1.03 bits per heavy atom. The predicted octanol–water partition coefficient (Wildman–Crippen LogP) is 3.42. The number of hydrogen-bond acceptors (Lipinski definition) is 4. The Kier molecular flexibility index (Phi) is 5.03. The molecule has 148 valence electrons. The fraction of sp³-hybridized carbons (Fsp3) is 0.227. The Balaban J connectivity index is 1.49. The first-order valence-electron chi connectivity index (χ1n) is 9.42. The van der Waals surface area contributed by atoms with E-state index < -0.39 is 5.97 Å². The zero-order valence-corrected chi connectivity index (χ0v) is 16.0. The second-order valence-corrected chi connectivity index (χ2v) is 7.07. The van der Waals surface area contributed by atoms with Gasteiger partial charge in [-0.05, 0) is 37.1 Å². The van der Waals surface area contributed by atoms with Crippen LogP contribution in [0.1, 0.15) is 23.2 Å². The number of esters is 1. The van der Waals surface area contributed by atoms with Crippen LogP contribution in [0.3, 0.4) is 0 Å². The molecule has 0 saturated heterocycles. The first-order valence-corrected chi connectivity index (χ1v) is 9.42. The van der Waals surface area contributed by atoms with Crippen LogP contribution in [0.15, 0.2) is 54.7 Å². The van der Waals surface area contributed by atoms with Gasteiger partial charge in [-0.25, -0.2) is 4.79 Å². The summed E-state index contributed by atoms with van der Waals surface area (Å²) in [6.45, 7) is 0.0379. The molecule has 7 nitrogen and oxygen atoms in total. The number of benzene rings is 2. The van der Waals surface area contributed by atoms with Gasteiger partial charge < -0.3 is 19.9 Å². The van der Waals surface area contributed by atoms with Gasteiger partial charge in [-0.3, -0.25) is 9.59 Å². The lowest BCUT2D eigenvalue weighted by atomic mass is 10.2. The lowest BCUT2D eigenvalue weighted by Gasteiger charge is -2.10. The van der Waals surface area contributed by atoms with Crippen molar-refractivity contribution in [2.75, 3.05) is 17.7 Å². The lowest BCUT2D eigenvalue weighted by Crippen LogP contribution is -2.18. The molecule has 0 atom stereocenters. The molecule has 7 heteroatoms. The van der Waals surface area contributed by atoms with Gasteiger partial charge in [-0.1, -0.05) is 24.3 Å². The number of nitrogens with zero attached hydrogens (tertiary/aromatic N) is 1. The summed E-state index contributed by atoms with van der Waals surface area (Å²) in [5, 5.41) is 6.44. The SMILES string of the molecule is COC(=O)c1cn(CC(=O)Nc2cccc(NC(=O)C3CC3)c2)c2ccccc12. The molecule has 0 radical (unpaired) electrons. The Morgan fingerprint density at radius 3 is 2.48 bits per heavy atom. The van der Waals surface area contributed by atoms with Gasteiger partial charge in [0.2, 0.25) is 11.8 Å². The summed E-state index contributed by atoms with van der Waals surface area (Å²) in [4.78, 5) is 36.5. The maximum Gasteiger partial charge on any atom is 0.340 e. The van der Waals surface area contributed by atoms with Crippen LogP contribution in [0.2, 0.25) is 0 Å². The van der Waals surface area contributed by atoms with E-state index in [0.29, 0.717) is 16.9 Å². The molecule has 4 rings (SSSR count). The van der Waals surface area contributed by atoms with E-state index in [1.54, 1.807) is 35.0 Å². The van der Waals surface area contributed by atoms with Crippen molar-refractivity contribution >= 4 is 40.1 Å². The van der Waals surface area contributed by atoms with Crippen molar-refractivity contribution in [2.45, 2.75) is 19.4 Å². The summed E-state index contributed by atoms with van der Waals surface area (Å²) < 4.78 is 6.55. The number of carbonyl (C=O) groups is 3. The van der Waals surface area contributed by atoms with Crippen molar-refractivity contribution in [1.29, 1.82) is 0 Å². The molecule has 2 N–H and O–H groups in total. The second-order valence-electron chi connectivity index (χ2n) is 7.07. The van der Waals surface area contributed by atoms with Crippen molar-refractivity contribution in [2.24, 2.45) is 5.92 Å². The monoisotopic (exact) mass is 391 g/mol. The fourth-order valence-electron chi connectivity index (χ4n) is 3.27. The highest BCUT2D eigenvalue weighted by Gasteiger charge is 2.29. The summed E-state index contributed by atoms with van der Waals surface area (Å²) in [6.07, 6.45) is 3.49. The summed E-state index contributed by atoms with van der Waals surface area (Å²) in [7, 11) is 1.33. The number of ether oxygens (including phenoxy) is 1. The minimum atomic E-state index is -0.445. The summed E-state index contributed by atoms with van der Waals surface area (Å²) in [5.74, 6) is -0.561. The average molecular weight is 391 g/mol. The van der Waals surface area contributed by atoms with Crippen molar-refractivity contribution in [3.05, 3.63) is 60.3 Å². The number of amides is 2. The summed E-state index contributed by atoms with van der Waals surface area (Å²) in [5.41, 5.74) is 2.43. The molecular weight excluding hydrogens is 370 g/mol. The minimum Gasteiger partial charge on any atom is -0.465 e. The van der Waals surface area contributed by atoms with Crippen LogP contribution in [-0.2, 0) is 20.9 Å².